The number of ether oxygens (including phenoxy) is 2. The predicted molar refractivity (Wildman–Crippen MR) is 101 cm³/mol. The summed E-state index contributed by atoms with van der Waals surface area (Å²) in [7, 11) is -2.04. The van der Waals surface area contributed by atoms with Crippen LogP contribution in [0, 0.1) is 13.8 Å². The fourth-order valence-electron chi connectivity index (χ4n) is 3.53. The molecule has 5 nitrogen and oxygen atoms in total. The van der Waals surface area contributed by atoms with E-state index in [0.717, 1.165) is 5.56 Å². The monoisotopic (exact) mass is 375 g/mol. The quantitative estimate of drug-likeness (QED) is 0.821. The number of hydrogen-bond donors (Lipinski definition) is 0. The zero-order valence-electron chi connectivity index (χ0n) is 15.6. The number of nitrogens with zero attached hydrogens (tertiary/aromatic N) is 1. The Labute approximate surface area is 155 Å². The lowest BCUT2D eigenvalue weighted by Gasteiger charge is -2.36. The molecule has 2 atom stereocenters. The van der Waals surface area contributed by atoms with Gasteiger partial charge in [-0.25, -0.2) is 8.42 Å². The molecule has 6 heteroatoms. The van der Waals surface area contributed by atoms with Gasteiger partial charge in [0.1, 0.15) is 5.75 Å². The molecule has 2 aromatic rings. The summed E-state index contributed by atoms with van der Waals surface area (Å²) in [5.41, 5.74) is 2.37. The fourth-order valence-corrected chi connectivity index (χ4v) is 5.45. The van der Waals surface area contributed by atoms with Gasteiger partial charge in [0.2, 0.25) is 10.0 Å². The van der Waals surface area contributed by atoms with Crippen molar-refractivity contribution in [1.82, 2.24) is 4.31 Å². The molecule has 0 bridgehead atoms. The highest BCUT2D eigenvalue weighted by atomic mass is 32.2. The van der Waals surface area contributed by atoms with Gasteiger partial charge in [-0.2, -0.15) is 4.31 Å². The van der Waals surface area contributed by atoms with Gasteiger partial charge in [-0.05, 0) is 49.6 Å². The molecule has 1 fully saturated rings. The van der Waals surface area contributed by atoms with Gasteiger partial charge in [-0.1, -0.05) is 30.3 Å². The number of morpholine rings is 1. The summed E-state index contributed by atoms with van der Waals surface area (Å²) >= 11 is 0. The van der Waals surface area contributed by atoms with Crippen molar-refractivity contribution in [2.75, 3.05) is 20.2 Å². The molecular formula is C20H25NO4S. The Balaban J connectivity index is 1.96. The van der Waals surface area contributed by atoms with Gasteiger partial charge in [-0.15, -0.1) is 0 Å². The molecule has 1 aliphatic rings. The van der Waals surface area contributed by atoms with Gasteiger partial charge in [-0.3, -0.25) is 0 Å². The SMILES string of the molecule is COc1cc(C)c(S(=O)(=O)N2CC(C)OC(c3ccccc3)C2)c(C)c1. The average molecular weight is 375 g/mol. The van der Waals surface area contributed by atoms with E-state index in [4.69, 9.17) is 9.47 Å². The first-order valence-corrected chi connectivity index (χ1v) is 10.1. The van der Waals surface area contributed by atoms with E-state index in [1.54, 1.807) is 37.4 Å². The zero-order chi connectivity index (χ0) is 18.9. The summed E-state index contributed by atoms with van der Waals surface area (Å²) in [5, 5.41) is 0. The molecule has 3 rings (SSSR count). The van der Waals surface area contributed by atoms with Crippen molar-refractivity contribution in [1.29, 1.82) is 0 Å². The maximum atomic E-state index is 13.4. The minimum atomic E-state index is -3.62. The van der Waals surface area contributed by atoms with Crippen LogP contribution in [0.2, 0.25) is 0 Å². The van der Waals surface area contributed by atoms with Gasteiger partial charge in [0, 0.05) is 13.1 Å². The highest BCUT2D eigenvalue weighted by Crippen LogP contribution is 2.32. The second kappa shape index (κ2) is 7.39. The van der Waals surface area contributed by atoms with E-state index in [-0.39, 0.29) is 12.2 Å². The lowest BCUT2D eigenvalue weighted by atomic mass is 10.1. The lowest BCUT2D eigenvalue weighted by Crippen LogP contribution is -2.46. The molecule has 2 aromatic carbocycles. The summed E-state index contributed by atoms with van der Waals surface area (Å²) in [6.45, 7) is 6.17. The molecule has 0 saturated carbocycles. The number of methoxy groups -OCH3 is 1. The Morgan fingerprint density at radius 3 is 2.27 bits per heavy atom. The van der Waals surface area contributed by atoms with Gasteiger partial charge < -0.3 is 9.47 Å². The zero-order valence-corrected chi connectivity index (χ0v) is 16.4. The molecule has 2 unspecified atom stereocenters. The van der Waals surface area contributed by atoms with E-state index < -0.39 is 10.0 Å². The molecular weight excluding hydrogens is 350 g/mol. The van der Waals surface area contributed by atoms with Crippen LogP contribution in [-0.4, -0.2) is 39.0 Å². The van der Waals surface area contributed by atoms with Crippen molar-refractivity contribution in [3.05, 3.63) is 59.2 Å². The van der Waals surface area contributed by atoms with Crippen molar-refractivity contribution in [3.63, 3.8) is 0 Å². The minimum Gasteiger partial charge on any atom is -0.497 e. The van der Waals surface area contributed by atoms with Gasteiger partial charge in [0.05, 0.1) is 24.2 Å². The Morgan fingerprint density at radius 2 is 1.69 bits per heavy atom. The highest BCUT2D eigenvalue weighted by molar-refractivity contribution is 7.89. The summed E-state index contributed by atoms with van der Waals surface area (Å²) in [6, 6.07) is 13.3. The van der Waals surface area contributed by atoms with Crippen molar-refractivity contribution < 1.29 is 17.9 Å². The standard InChI is InChI=1S/C20H25NO4S/c1-14-10-18(24-4)11-15(2)20(14)26(22,23)21-12-16(3)25-19(13-21)17-8-6-5-7-9-17/h5-11,16,19H,12-13H2,1-4H3. The van der Waals surface area contributed by atoms with Crippen LogP contribution in [0.1, 0.15) is 29.7 Å². The van der Waals surface area contributed by atoms with Crippen LogP contribution >= 0.6 is 0 Å². The Hall–Kier alpha value is -1.89. The highest BCUT2D eigenvalue weighted by Gasteiger charge is 2.36. The third-order valence-corrected chi connectivity index (χ3v) is 6.80. The van der Waals surface area contributed by atoms with Crippen LogP contribution in [0.4, 0.5) is 0 Å². The second-order valence-corrected chi connectivity index (χ2v) is 8.63. The maximum Gasteiger partial charge on any atom is 0.243 e. The smallest absolute Gasteiger partial charge is 0.243 e. The number of hydrogen-bond acceptors (Lipinski definition) is 4. The van der Waals surface area contributed by atoms with Crippen LogP contribution in [-0.2, 0) is 14.8 Å². The molecule has 0 aliphatic carbocycles. The summed E-state index contributed by atoms with van der Waals surface area (Å²) in [4.78, 5) is 0.360. The first-order valence-electron chi connectivity index (χ1n) is 8.68. The summed E-state index contributed by atoms with van der Waals surface area (Å²) < 4.78 is 39.6. The molecule has 1 heterocycles. The van der Waals surface area contributed by atoms with Gasteiger partial charge in [0.25, 0.3) is 0 Å². The molecule has 0 spiro atoms. The Morgan fingerprint density at radius 1 is 1.08 bits per heavy atom. The van der Waals surface area contributed by atoms with Gasteiger partial charge in [0.15, 0.2) is 0 Å². The molecule has 26 heavy (non-hydrogen) atoms. The average Bonchev–Trinajstić information content (AvgIpc) is 2.61. The third-order valence-electron chi connectivity index (χ3n) is 4.67. The van der Waals surface area contributed by atoms with E-state index >= 15 is 0 Å². The van der Waals surface area contributed by atoms with Crippen molar-refractivity contribution in [2.24, 2.45) is 0 Å². The normalized spacial score (nSPS) is 21.5. The molecule has 0 N–H and O–H groups in total. The topological polar surface area (TPSA) is 55.8 Å². The first kappa shape index (κ1) is 18.9. The van der Waals surface area contributed by atoms with Crippen LogP contribution in [0.5, 0.6) is 5.75 Å². The Bertz CT molecular complexity index is 857. The van der Waals surface area contributed by atoms with E-state index in [9.17, 15) is 8.42 Å². The molecule has 1 aliphatic heterocycles. The van der Waals surface area contributed by atoms with E-state index in [0.29, 0.717) is 34.9 Å². The number of sulfonamides is 1. The molecule has 1 saturated heterocycles. The Kier molecular flexibility index (Phi) is 5.37. The fraction of sp³-hybridized carbons (Fsp3) is 0.400. The summed E-state index contributed by atoms with van der Waals surface area (Å²) in [6.07, 6.45) is -0.448. The largest absolute Gasteiger partial charge is 0.497 e. The van der Waals surface area contributed by atoms with E-state index in [1.165, 1.54) is 0 Å². The van der Waals surface area contributed by atoms with Crippen molar-refractivity contribution in [3.8, 4) is 5.75 Å². The first-order chi connectivity index (χ1) is 12.3. The molecule has 140 valence electrons. The van der Waals surface area contributed by atoms with Crippen molar-refractivity contribution in [2.45, 2.75) is 37.9 Å². The van der Waals surface area contributed by atoms with Crippen LogP contribution in [0.15, 0.2) is 47.4 Å². The lowest BCUT2D eigenvalue weighted by molar-refractivity contribution is -0.0557. The maximum absolute atomic E-state index is 13.4. The van der Waals surface area contributed by atoms with Crippen LogP contribution in [0.25, 0.3) is 0 Å². The second-order valence-electron chi connectivity index (χ2n) is 6.76. The molecule has 0 radical (unpaired) electrons. The number of aryl methyl sites for hydroxylation is 2. The van der Waals surface area contributed by atoms with Crippen molar-refractivity contribution >= 4 is 10.0 Å². The summed E-state index contributed by atoms with van der Waals surface area (Å²) in [5.74, 6) is 0.663. The van der Waals surface area contributed by atoms with E-state index in [2.05, 4.69) is 0 Å². The molecule has 0 aromatic heterocycles. The number of rotatable bonds is 4. The number of benzene rings is 2. The van der Waals surface area contributed by atoms with Gasteiger partial charge >= 0.3 is 0 Å². The predicted octanol–water partition coefficient (Wildman–Crippen LogP) is 3.46. The third kappa shape index (κ3) is 3.63. The van der Waals surface area contributed by atoms with E-state index in [1.807, 2.05) is 37.3 Å². The molecule has 0 amide bonds. The minimum absolute atomic E-state index is 0.178. The van der Waals surface area contributed by atoms with Crippen LogP contribution in [0.3, 0.4) is 0 Å². The van der Waals surface area contributed by atoms with Crippen LogP contribution < -0.4 is 4.74 Å².